The molecule has 0 spiro atoms. The fourth-order valence-electron chi connectivity index (χ4n) is 3.52. The summed E-state index contributed by atoms with van der Waals surface area (Å²) in [7, 11) is 1.71. The predicted octanol–water partition coefficient (Wildman–Crippen LogP) is 3.78. The highest BCUT2D eigenvalue weighted by molar-refractivity contribution is 5.79. The van der Waals surface area contributed by atoms with E-state index in [9.17, 15) is 0 Å². The maximum Gasteiger partial charge on any atom is 0.118 e. The molecule has 1 unspecified atom stereocenters. The standard InChI is InChI=1S/C19H21N3O/c1-23-17-7-4-14(5-8-17)11-15-3-2-10-22(15)16-6-9-18-19(12-16)21-13-20-18/h4-9,12-13,15H,2-3,10-11H2,1H3,(H,20,21). The second-order valence-electron chi connectivity index (χ2n) is 6.15. The SMILES string of the molecule is COc1ccc(CC2CCCN2c2ccc3[nH]cnc3c2)cc1. The molecule has 1 aliphatic rings. The summed E-state index contributed by atoms with van der Waals surface area (Å²) in [5, 5.41) is 0. The summed E-state index contributed by atoms with van der Waals surface area (Å²) in [5.74, 6) is 0.918. The third-order valence-electron chi connectivity index (χ3n) is 4.74. The molecule has 0 amide bonds. The monoisotopic (exact) mass is 307 g/mol. The molecule has 1 fully saturated rings. The number of H-pyrrole nitrogens is 1. The summed E-state index contributed by atoms with van der Waals surface area (Å²) in [6.45, 7) is 1.12. The van der Waals surface area contributed by atoms with Gasteiger partial charge in [0.15, 0.2) is 0 Å². The molecule has 4 rings (SSSR count). The van der Waals surface area contributed by atoms with Crippen LogP contribution >= 0.6 is 0 Å². The maximum atomic E-state index is 5.24. The Bertz CT molecular complexity index is 794. The number of nitrogens with zero attached hydrogens (tertiary/aromatic N) is 2. The summed E-state index contributed by atoms with van der Waals surface area (Å²) in [6.07, 6.45) is 5.32. The zero-order valence-electron chi connectivity index (χ0n) is 13.3. The first-order valence-electron chi connectivity index (χ1n) is 8.16. The Balaban J connectivity index is 1.55. The number of rotatable bonds is 4. The molecule has 1 N–H and O–H groups in total. The number of hydrogen-bond acceptors (Lipinski definition) is 3. The second kappa shape index (κ2) is 5.95. The molecule has 0 aliphatic carbocycles. The van der Waals surface area contributed by atoms with Gasteiger partial charge in [-0.2, -0.15) is 0 Å². The minimum Gasteiger partial charge on any atom is -0.497 e. The molecule has 2 aromatic carbocycles. The van der Waals surface area contributed by atoms with Gasteiger partial charge in [-0.15, -0.1) is 0 Å². The molecule has 118 valence electrons. The normalized spacial score (nSPS) is 17.8. The average molecular weight is 307 g/mol. The van der Waals surface area contributed by atoms with Gasteiger partial charge in [0.1, 0.15) is 5.75 Å². The van der Waals surface area contributed by atoms with Gasteiger partial charge in [-0.05, 0) is 55.2 Å². The van der Waals surface area contributed by atoms with E-state index >= 15 is 0 Å². The minimum atomic E-state index is 0.555. The van der Waals surface area contributed by atoms with E-state index in [-0.39, 0.29) is 0 Å². The van der Waals surface area contributed by atoms with Crippen molar-refractivity contribution in [2.24, 2.45) is 0 Å². The first-order valence-corrected chi connectivity index (χ1v) is 8.16. The van der Waals surface area contributed by atoms with Crippen LogP contribution in [0, 0.1) is 0 Å². The minimum absolute atomic E-state index is 0.555. The largest absolute Gasteiger partial charge is 0.497 e. The molecule has 2 heterocycles. The van der Waals surface area contributed by atoms with Crippen LogP contribution in [0.1, 0.15) is 18.4 Å². The van der Waals surface area contributed by atoms with Crippen LogP contribution in [0.3, 0.4) is 0 Å². The van der Waals surface area contributed by atoms with Crippen LogP contribution < -0.4 is 9.64 Å². The molecular weight excluding hydrogens is 286 g/mol. The molecule has 3 aromatic rings. The van der Waals surface area contributed by atoms with Gasteiger partial charge in [0.25, 0.3) is 0 Å². The lowest BCUT2D eigenvalue weighted by molar-refractivity contribution is 0.414. The molecule has 23 heavy (non-hydrogen) atoms. The van der Waals surface area contributed by atoms with Crippen LogP contribution in [0.2, 0.25) is 0 Å². The summed E-state index contributed by atoms with van der Waals surface area (Å²) in [4.78, 5) is 10.1. The van der Waals surface area contributed by atoms with E-state index in [1.807, 2.05) is 12.1 Å². The molecule has 0 saturated carbocycles. The highest BCUT2D eigenvalue weighted by Crippen LogP contribution is 2.29. The van der Waals surface area contributed by atoms with Crippen LogP contribution in [0.25, 0.3) is 11.0 Å². The smallest absolute Gasteiger partial charge is 0.118 e. The van der Waals surface area contributed by atoms with Crippen LogP contribution in [0.5, 0.6) is 5.75 Å². The number of anilines is 1. The predicted molar refractivity (Wildman–Crippen MR) is 93.2 cm³/mol. The van der Waals surface area contributed by atoms with Gasteiger partial charge in [-0.1, -0.05) is 12.1 Å². The number of fused-ring (bicyclic) bond motifs is 1. The number of ether oxygens (including phenoxy) is 1. The zero-order chi connectivity index (χ0) is 15.6. The number of methoxy groups -OCH3 is 1. The van der Waals surface area contributed by atoms with Gasteiger partial charge >= 0.3 is 0 Å². The van der Waals surface area contributed by atoms with Gasteiger partial charge in [0, 0.05) is 18.3 Å². The molecule has 4 heteroatoms. The van der Waals surface area contributed by atoms with Crippen LogP contribution in [-0.2, 0) is 6.42 Å². The highest BCUT2D eigenvalue weighted by Gasteiger charge is 2.25. The molecule has 4 nitrogen and oxygen atoms in total. The van der Waals surface area contributed by atoms with E-state index in [1.54, 1.807) is 13.4 Å². The second-order valence-corrected chi connectivity index (χ2v) is 6.15. The number of aromatic nitrogens is 2. The first kappa shape index (κ1) is 14.1. The Hall–Kier alpha value is -2.49. The fourth-order valence-corrected chi connectivity index (χ4v) is 3.52. The Labute approximate surface area is 136 Å². The molecule has 1 atom stereocenters. The lowest BCUT2D eigenvalue weighted by atomic mass is 10.0. The number of benzene rings is 2. The van der Waals surface area contributed by atoms with Crippen LogP contribution in [-0.4, -0.2) is 29.7 Å². The van der Waals surface area contributed by atoms with Crippen molar-refractivity contribution in [3.63, 3.8) is 0 Å². The Morgan fingerprint density at radius 1 is 1.22 bits per heavy atom. The van der Waals surface area contributed by atoms with E-state index < -0.39 is 0 Å². The molecular formula is C19H21N3O. The topological polar surface area (TPSA) is 41.1 Å². The Morgan fingerprint density at radius 3 is 2.91 bits per heavy atom. The molecule has 1 aliphatic heterocycles. The quantitative estimate of drug-likeness (QED) is 0.797. The Kier molecular flexibility index (Phi) is 3.66. The van der Waals surface area contributed by atoms with Crippen molar-refractivity contribution < 1.29 is 4.74 Å². The fraction of sp³-hybridized carbons (Fsp3) is 0.316. The lowest BCUT2D eigenvalue weighted by Gasteiger charge is -2.27. The van der Waals surface area contributed by atoms with Crippen molar-refractivity contribution in [3.8, 4) is 5.75 Å². The number of imidazole rings is 1. The van der Waals surface area contributed by atoms with Gasteiger partial charge in [0.05, 0.1) is 24.5 Å². The van der Waals surface area contributed by atoms with Crippen LogP contribution in [0.4, 0.5) is 5.69 Å². The van der Waals surface area contributed by atoms with E-state index in [2.05, 4.69) is 45.2 Å². The number of hydrogen-bond donors (Lipinski definition) is 1. The molecule has 0 bridgehead atoms. The van der Waals surface area contributed by atoms with Crippen molar-refractivity contribution >= 4 is 16.7 Å². The van der Waals surface area contributed by atoms with E-state index in [0.29, 0.717) is 6.04 Å². The van der Waals surface area contributed by atoms with E-state index in [0.717, 1.165) is 29.7 Å². The summed E-state index contributed by atoms with van der Waals surface area (Å²) in [6, 6.07) is 15.5. The highest BCUT2D eigenvalue weighted by atomic mass is 16.5. The van der Waals surface area contributed by atoms with E-state index in [4.69, 9.17) is 4.74 Å². The summed E-state index contributed by atoms with van der Waals surface area (Å²) >= 11 is 0. The van der Waals surface area contributed by atoms with Crippen LogP contribution in [0.15, 0.2) is 48.8 Å². The van der Waals surface area contributed by atoms with Gasteiger partial charge < -0.3 is 14.6 Å². The third kappa shape index (κ3) is 2.77. The average Bonchev–Trinajstić information content (AvgIpc) is 3.23. The van der Waals surface area contributed by atoms with Crippen molar-refractivity contribution in [2.75, 3.05) is 18.6 Å². The Morgan fingerprint density at radius 2 is 2.09 bits per heavy atom. The zero-order valence-corrected chi connectivity index (χ0v) is 13.3. The van der Waals surface area contributed by atoms with Gasteiger partial charge in [-0.25, -0.2) is 4.98 Å². The van der Waals surface area contributed by atoms with Crippen molar-refractivity contribution in [2.45, 2.75) is 25.3 Å². The number of aromatic amines is 1. The number of nitrogens with one attached hydrogen (secondary N) is 1. The third-order valence-corrected chi connectivity index (χ3v) is 4.74. The lowest BCUT2D eigenvalue weighted by Crippen LogP contribution is -2.30. The maximum absolute atomic E-state index is 5.24. The van der Waals surface area contributed by atoms with E-state index in [1.165, 1.54) is 24.1 Å². The molecule has 0 radical (unpaired) electrons. The van der Waals surface area contributed by atoms with Gasteiger partial charge in [0.2, 0.25) is 0 Å². The van der Waals surface area contributed by atoms with Gasteiger partial charge in [-0.3, -0.25) is 0 Å². The van der Waals surface area contributed by atoms with Crippen molar-refractivity contribution in [1.29, 1.82) is 0 Å². The molecule has 1 saturated heterocycles. The summed E-state index contributed by atoms with van der Waals surface area (Å²) in [5.41, 5.74) is 4.78. The summed E-state index contributed by atoms with van der Waals surface area (Å²) < 4.78 is 5.24. The first-order chi connectivity index (χ1) is 11.3. The molecule has 1 aromatic heterocycles. The van der Waals surface area contributed by atoms with Crippen molar-refractivity contribution in [1.82, 2.24) is 9.97 Å². The van der Waals surface area contributed by atoms with Crippen molar-refractivity contribution in [3.05, 3.63) is 54.4 Å².